The zero-order valence-electron chi connectivity index (χ0n) is 18.5. The van der Waals surface area contributed by atoms with Gasteiger partial charge < -0.3 is 23.0 Å². The maximum Gasteiger partial charge on any atom is 0.255 e. The molecule has 0 bridgehead atoms. The van der Waals surface area contributed by atoms with Crippen molar-refractivity contribution >= 4 is 17.5 Å². The van der Waals surface area contributed by atoms with Crippen molar-refractivity contribution in [2.45, 2.75) is 84.2 Å². The SMILES string of the molecule is CC1(C)CCCN(c2cc3c(c(NC4CCCCCCC4)n2)C(=O)NC3)C1.[CH3-].[Y]. The molecule has 1 aromatic rings. The first-order chi connectivity index (χ1) is 13.0. The molecule has 3 heterocycles. The number of anilines is 2. The maximum atomic E-state index is 12.4. The molecule has 0 unspecified atom stereocenters. The summed E-state index contributed by atoms with van der Waals surface area (Å²) in [4.78, 5) is 19.8. The minimum Gasteiger partial charge on any atom is -0.367 e. The fourth-order valence-corrected chi connectivity index (χ4v) is 4.92. The van der Waals surface area contributed by atoms with E-state index in [2.05, 4.69) is 35.4 Å². The van der Waals surface area contributed by atoms with Crippen molar-refractivity contribution < 1.29 is 37.5 Å². The van der Waals surface area contributed by atoms with Crippen molar-refractivity contribution in [1.29, 1.82) is 0 Å². The molecule has 4 rings (SSSR count). The van der Waals surface area contributed by atoms with Crippen LogP contribution in [0.4, 0.5) is 11.6 Å². The normalized spacial score (nSPS) is 21.7. The summed E-state index contributed by atoms with van der Waals surface area (Å²) in [5, 5.41) is 6.67. The molecular weight excluding hydrogens is 437 g/mol. The quantitative estimate of drug-likeness (QED) is 0.611. The van der Waals surface area contributed by atoms with E-state index < -0.39 is 0 Å². The second-order valence-electron chi connectivity index (χ2n) is 9.42. The van der Waals surface area contributed by atoms with Gasteiger partial charge in [0, 0.05) is 58.4 Å². The summed E-state index contributed by atoms with van der Waals surface area (Å²) in [5.41, 5.74) is 2.19. The zero-order chi connectivity index (χ0) is 18.9. The van der Waals surface area contributed by atoms with Crippen LogP contribution in [0.25, 0.3) is 0 Å². The second kappa shape index (κ2) is 10.6. The van der Waals surface area contributed by atoms with Crippen molar-refractivity contribution in [3.05, 3.63) is 24.6 Å². The molecule has 1 aliphatic carbocycles. The first-order valence-electron chi connectivity index (χ1n) is 10.9. The first kappa shape index (κ1) is 24.6. The molecule has 5 nitrogen and oxygen atoms in total. The van der Waals surface area contributed by atoms with Gasteiger partial charge in [-0.1, -0.05) is 46.0 Å². The van der Waals surface area contributed by atoms with E-state index in [-0.39, 0.29) is 46.0 Å². The van der Waals surface area contributed by atoms with E-state index in [1.807, 2.05) is 0 Å². The number of piperidine rings is 1. The number of rotatable bonds is 3. The van der Waals surface area contributed by atoms with Crippen LogP contribution in [0.15, 0.2) is 6.07 Å². The predicted molar refractivity (Wildman–Crippen MR) is 117 cm³/mol. The van der Waals surface area contributed by atoms with Crippen molar-refractivity contribution in [2.24, 2.45) is 5.41 Å². The molecule has 1 saturated heterocycles. The largest absolute Gasteiger partial charge is 0.367 e. The maximum absolute atomic E-state index is 12.4. The number of carbonyl (C=O) groups excluding carboxylic acids is 1. The van der Waals surface area contributed by atoms with E-state index in [0.717, 1.165) is 35.9 Å². The summed E-state index contributed by atoms with van der Waals surface area (Å²) in [6.45, 7) is 7.39. The number of carbonyl (C=O) groups is 1. The summed E-state index contributed by atoms with van der Waals surface area (Å²) in [6, 6.07) is 2.57. The summed E-state index contributed by atoms with van der Waals surface area (Å²) in [5.74, 6) is 1.87. The number of hydrogen-bond donors (Lipinski definition) is 2. The average Bonchev–Trinajstić information content (AvgIpc) is 2.97. The van der Waals surface area contributed by atoms with Gasteiger partial charge in [-0.3, -0.25) is 4.79 Å². The van der Waals surface area contributed by atoms with E-state index in [0.29, 0.717) is 18.0 Å². The van der Waals surface area contributed by atoms with E-state index in [9.17, 15) is 4.79 Å². The molecule has 1 aromatic heterocycles. The van der Waals surface area contributed by atoms with Crippen molar-refractivity contribution in [1.82, 2.24) is 10.3 Å². The zero-order valence-corrected chi connectivity index (χ0v) is 21.4. The van der Waals surface area contributed by atoms with E-state index >= 15 is 0 Å². The Morgan fingerprint density at radius 3 is 2.52 bits per heavy atom. The topological polar surface area (TPSA) is 57.3 Å². The van der Waals surface area contributed by atoms with E-state index in [1.165, 1.54) is 57.8 Å². The van der Waals surface area contributed by atoms with Gasteiger partial charge in [0.2, 0.25) is 0 Å². The first-order valence-corrected chi connectivity index (χ1v) is 10.9. The minimum absolute atomic E-state index is 0. The number of nitrogens with one attached hydrogen (secondary N) is 2. The monoisotopic (exact) mass is 474 g/mol. The van der Waals surface area contributed by atoms with Crippen LogP contribution in [0.5, 0.6) is 0 Å². The summed E-state index contributed by atoms with van der Waals surface area (Å²) in [6.07, 6.45) is 11.4. The number of amides is 1. The third kappa shape index (κ3) is 5.94. The smallest absolute Gasteiger partial charge is 0.255 e. The van der Waals surface area contributed by atoms with E-state index in [4.69, 9.17) is 4.98 Å². The number of aromatic nitrogens is 1. The second-order valence-corrected chi connectivity index (χ2v) is 9.42. The van der Waals surface area contributed by atoms with Gasteiger partial charge in [0.25, 0.3) is 5.91 Å². The Kier molecular flexibility index (Phi) is 8.96. The fourth-order valence-electron chi connectivity index (χ4n) is 4.92. The number of fused-ring (bicyclic) bond motifs is 1. The Morgan fingerprint density at radius 1 is 1.14 bits per heavy atom. The Balaban J connectivity index is 0.00000150. The number of pyridine rings is 1. The number of nitrogens with zero attached hydrogens (tertiary/aromatic N) is 2. The molecule has 0 spiro atoms. The van der Waals surface area contributed by atoms with Crippen LogP contribution in [0, 0.1) is 12.8 Å². The summed E-state index contributed by atoms with van der Waals surface area (Å²) in [7, 11) is 0. The van der Waals surface area contributed by atoms with Crippen LogP contribution in [-0.4, -0.2) is 30.0 Å². The van der Waals surface area contributed by atoms with Crippen LogP contribution in [0.3, 0.4) is 0 Å². The van der Waals surface area contributed by atoms with Crippen molar-refractivity contribution in [3.63, 3.8) is 0 Å². The van der Waals surface area contributed by atoms with Crippen LogP contribution in [-0.2, 0) is 39.3 Å². The molecule has 2 aliphatic heterocycles. The third-order valence-corrected chi connectivity index (χ3v) is 6.42. The minimum atomic E-state index is 0. The fraction of sp³-hybridized carbons (Fsp3) is 0.696. The molecule has 29 heavy (non-hydrogen) atoms. The van der Waals surface area contributed by atoms with Gasteiger partial charge in [0.15, 0.2) is 0 Å². The van der Waals surface area contributed by atoms with Gasteiger partial charge in [-0.2, -0.15) is 0 Å². The summed E-state index contributed by atoms with van der Waals surface area (Å²) >= 11 is 0. The van der Waals surface area contributed by atoms with Gasteiger partial charge in [-0.05, 0) is 42.7 Å². The van der Waals surface area contributed by atoms with Crippen molar-refractivity contribution in [2.75, 3.05) is 23.3 Å². The standard InChI is InChI=1S/C22H34N4O.CH3.Y/c1-22(2)11-8-12-26(15-22)18-13-16-14-23-21(27)19(16)20(25-18)24-17-9-6-4-3-5-7-10-17;;/h13,17H,3-12,14-15H2,1-2H3,(H,23,27)(H,24,25);1H3;/q;-1;. The van der Waals surface area contributed by atoms with Crippen LogP contribution in [0.2, 0.25) is 0 Å². The van der Waals surface area contributed by atoms with Crippen molar-refractivity contribution in [3.8, 4) is 0 Å². The van der Waals surface area contributed by atoms with Crippen LogP contribution in [0.1, 0.15) is 87.6 Å². The molecule has 1 amide bonds. The molecule has 0 atom stereocenters. The number of hydrogen-bond acceptors (Lipinski definition) is 4. The molecular formula is C23H37N4OY-. The van der Waals surface area contributed by atoms with Gasteiger partial charge in [0.1, 0.15) is 11.6 Å². The molecule has 0 aromatic carbocycles. The Hall–Kier alpha value is -0.676. The molecule has 1 saturated carbocycles. The molecule has 6 heteroatoms. The predicted octanol–water partition coefficient (Wildman–Crippen LogP) is 4.92. The molecule has 2 N–H and O–H groups in total. The Bertz CT molecular complexity index is 698. The van der Waals surface area contributed by atoms with Gasteiger partial charge >= 0.3 is 0 Å². The Morgan fingerprint density at radius 2 is 1.83 bits per heavy atom. The van der Waals surface area contributed by atoms with Gasteiger partial charge in [-0.25, -0.2) is 4.98 Å². The van der Waals surface area contributed by atoms with Gasteiger partial charge in [0.05, 0.1) is 5.56 Å². The summed E-state index contributed by atoms with van der Waals surface area (Å²) < 4.78 is 0. The van der Waals surface area contributed by atoms with E-state index in [1.54, 1.807) is 0 Å². The average molecular weight is 474 g/mol. The molecule has 2 fully saturated rings. The molecule has 159 valence electrons. The van der Waals surface area contributed by atoms with Crippen LogP contribution >= 0.6 is 0 Å². The Labute approximate surface area is 202 Å². The van der Waals surface area contributed by atoms with Crippen LogP contribution < -0.4 is 15.5 Å². The molecule has 3 aliphatic rings. The molecule has 1 radical (unpaired) electrons. The van der Waals surface area contributed by atoms with Gasteiger partial charge in [-0.15, -0.1) is 0 Å². The third-order valence-electron chi connectivity index (χ3n) is 6.42.